The average molecular weight is 413 g/mol. The van der Waals surface area contributed by atoms with Crippen LogP contribution in [0.3, 0.4) is 0 Å². The maximum absolute atomic E-state index is 12.4. The van der Waals surface area contributed by atoms with Gasteiger partial charge in [-0.05, 0) is 37.1 Å². The molecular formula is C22H24N2O4S. The highest BCUT2D eigenvalue weighted by molar-refractivity contribution is 7.84. The zero-order chi connectivity index (χ0) is 20.6. The summed E-state index contributed by atoms with van der Waals surface area (Å²) in [6.45, 7) is 2.30. The molecule has 0 saturated heterocycles. The first-order chi connectivity index (χ1) is 14.0. The highest BCUT2D eigenvalue weighted by Gasteiger charge is 2.16. The summed E-state index contributed by atoms with van der Waals surface area (Å²) in [5, 5.41) is 2.82. The SMILES string of the molecule is COc1cccc(-c2nc(C[S@](=O)CC(=O)NCCc3ccccc3)c(C)o2)c1. The smallest absolute Gasteiger partial charge is 0.232 e. The van der Waals surface area contributed by atoms with Gasteiger partial charge in [0.05, 0.1) is 18.6 Å². The van der Waals surface area contributed by atoms with Gasteiger partial charge in [-0.2, -0.15) is 0 Å². The maximum Gasteiger partial charge on any atom is 0.232 e. The number of aryl methyl sites for hydroxylation is 1. The number of nitrogens with one attached hydrogen (secondary N) is 1. The third-order valence-corrected chi connectivity index (χ3v) is 5.56. The molecule has 2 aromatic carbocycles. The number of hydrogen-bond donors (Lipinski definition) is 1. The number of carbonyl (C=O) groups is 1. The molecular weight excluding hydrogens is 388 g/mol. The molecule has 0 unspecified atom stereocenters. The molecule has 3 rings (SSSR count). The second-order valence-corrected chi connectivity index (χ2v) is 8.02. The first-order valence-electron chi connectivity index (χ1n) is 9.31. The van der Waals surface area contributed by atoms with Crippen LogP contribution in [0, 0.1) is 6.92 Å². The lowest BCUT2D eigenvalue weighted by Gasteiger charge is -2.05. The number of aromatic nitrogens is 1. The fourth-order valence-corrected chi connectivity index (χ4v) is 3.90. The Kier molecular flexibility index (Phi) is 7.19. The first kappa shape index (κ1) is 20.8. The molecule has 6 nitrogen and oxygen atoms in total. The highest BCUT2D eigenvalue weighted by Crippen LogP contribution is 2.25. The number of ether oxygens (including phenoxy) is 1. The van der Waals surface area contributed by atoms with Crippen LogP contribution in [0.5, 0.6) is 5.75 Å². The molecule has 0 aliphatic heterocycles. The van der Waals surface area contributed by atoms with Crippen LogP contribution in [-0.4, -0.2) is 34.5 Å². The second-order valence-electron chi connectivity index (χ2n) is 6.57. The largest absolute Gasteiger partial charge is 0.497 e. The molecule has 1 N–H and O–H groups in total. The summed E-state index contributed by atoms with van der Waals surface area (Å²) in [4.78, 5) is 16.5. The average Bonchev–Trinajstić information content (AvgIpc) is 3.09. The molecule has 3 aromatic rings. The van der Waals surface area contributed by atoms with Crippen LogP contribution in [0.4, 0.5) is 0 Å². The van der Waals surface area contributed by atoms with E-state index >= 15 is 0 Å². The minimum Gasteiger partial charge on any atom is -0.497 e. The van der Waals surface area contributed by atoms with Gasteiger partial charge in [0.2, 0.25) is 11.8 Å². The number of nitrogens with zero attached hydrogens (tertiary/aromatic N) is 1. The molecule has 1 aromatic heterocycles. The first-order valence-corrected chi connectivity index (χ1v) is 10.8. The van der Waals surface area contributed by atoms with Gasteiger partial charge < -0.3 is 14.5 Å². The van der Waals surface area contributed by atoms with E-state index in [1.165, 1.54) is 0 Å². The quantitative estimate of drug-likeness (QED) is 0.583. The van der Waals surface area contributed by atoms with Crippen molar-refractivity contribution in [2.24, 2.45) is 0 Å². The zero-order valence-corrected chi connectivity index (χ0v) is 17.3. The fourth-order valence-electron chi connectivity index (χ4n) is 2.83. The van der Waals surface area contributed by atoms with E-state index in [0.717, 1.165) is 17.5 Å². The second kappa shape index (κ2) is 10.0. The molecule has 7 heteroatoms. The molecule has 0 radical (unpaired) electrons. The van der Waals surface area contributed by atoms with Gasteiger partial charge in [-0.1, -0.05) is 36.4 Å². The number of oxazole rings is 1. The summed E-state index contributed by atoms with van der Waals surface area (Å²) < 4.78 is 23.3. The van der Waals surface area contributed by atoms with E-state index in [-0.39, 0.29) is 17.4 Å². The Balaban J connectivity index is 1.52. The van der Waals surface area contributed by atoms with Crippen molar-refractivity contribution in [3.8, 4) is 17.2 Å². The third kappa shape index (κ3) is 6.02. The molecule has 0 bridgehead atoms. The van der Waals surface area contributed by atoms with Crippen molar-refractivity contribution in [3.63, 3.8) is 0 Å². The molecule has 1 heterocycles. The van der Waals surface area contributed by atoms with Crippen LogP contribution in [0.1, 0.15) is 17.0 Å². The third-order valence-electron chi connectivity index (χ3n) is 4.38. The van der Waals surface area contributed by atoms with Gasteiger partial charge in [-0.25, -0.2) is 4.98 Å². The van der Waals surface area contributed by atoms with Gasteiger partial charge in [0, 0.05) is 22.9 Å². The predicted octanol–water partition coefficient (Wildman–Crippen LogP) is 3.27. The minimum atomic E-state index is -1.37. The fraction of sp³-hybridized carbons (Fsp3) is 0.273. The monoisotopic (exact) mass is 412 g/mol. The van der Waals surface area contributed by atoms with Crippen LogP contribution >= 0.6 is 0 Å². The molecule has 0 saturated carbocycles. The van der Waals surface area contributed by atoms with E-state index in [1.54, 1.807) is 14.0 Å². The number of amides is 1. The van der Waals surface area contributed by atoms with E-state index in [0.29, 0.717) is 29.6 Å². The van der Waals surface area contributed by atoms with E-state index < -0.39 is 10.8 Å². The lowest BCUT2D eigenvalue weighted by Crippen LogP contribution is -2.30. The van der Waals surface area contributed by atoms with Crippen molar-refractivity contribution < 1.29 is 18.2 Å². The van der Waals surface area contributed by atoms with Gasteiger partial charge in [0.15, 0.2) is 0 Å². The summed E-state index contributed by atoms with van der Waals surface area (Å²) in [5.74, 6) is 1.63. The number of carbonyl (C=O) groups excluding carboxylic acids is 1. The number of rotatable bonds is 9. The minimum absolute atomic E-state index is 0.0599. The Hall–Kier alpha value is -2.93. The zero-order valence-electron chi connectivity index (χ0n) is 16.5. The normalized spacial score (nSPS) is 11.8. The van der Waals surface area contributed by atoms with Gasteiger partial charge >= 0.3 is 0 Å². The Bertz CT molecular complexity index is 985. The molecule has 152 valence electrons. The van der Waals surface area contributed by atoms with Gasteiger partial charge in [0.1, 0.15) is 17.3 Å². The highest BCUT2D eigenvalue weighted by atomic mass is 32.2. The van der Waals surface area contributed by atoms with Crippen LogP contribution in [0.25, 0.3) is 11.5 Å². The summed E-state index contributed by atoms with van der Waals surface area (Å²) in [5.41, 5.74) is 2.53. The van der Waals surface area contributed by atoms with Crippen molar-refractivity contribution in [2.45, 2.75) is 19.1 Å². The summed E-state index contributed by atoms with van der Waals surface area (Å²) in [7, 11) is 0.229. The predicted molar refractivity (Wildman–Crippen MR) is 113 cm³/mol. The molecule has 0 spiro atoms. The van der Waals surface area contributed by atoms with Crippen LogP contribution < -0.4 is 10.1 Å². The number of methoxy groups -OCH3 is 1. The lowest BCUT2D eigenvalue weighted by atomic mass is 10.1. The van der Waals surface area contributed by atoms with Crippen LogP contribution in [0.2, 0.25) is 0 Å². The summed E-state index contributed by atoms with van der Waals surface area (Å²) >= 11 is 0. The molecule has 1 atom stereocenters. The van der Waals surface area contributed by atoms with E-state index in [1.807, 2.05) is 54.6 Å². The van der Waals surface area contributed by atoms with Gasteiger partial charge in [0.25, 0.3) is 0 Å². The molecule has 0 aliphatic carbocycles. The number of benzene rings is 2. The van der Waals surface area contributed by atoms with Crippen molar-refractivity contribution in [3.05, 3.63) is 71.6 Å². The Morgan fingerprint density at radius 1 is 1.17 bits per heavy atom. The summed E-state index contributed by atoms with van der Waals surface area (Å²) in [6.07, 6.45) is 0.742. The molecule has 1 amide bonds. The lowest BCUT2D eigenvalue weighted by molar-refractivity contribution is -0.118. The molecule has 29 heavy (non-hydrogen) atoms. The van der Waals surface area contributed by atoms with E-state index in [4.69, 9.17) is 9.15 Å². The van der Waals surface area contributed by atoms with Crippen LogP contribution in [0.15, 0.2) is 59.0 Å². The van der Waals surface area contributed by atoms with Gasteiger partial charge in [-0.15, -0.1) is 0 Å². The van der Waals surface area contributed by atoms with Crippen molar-refractivity contribution in [2.75, 3.05) is 19.4 Å². The van der Waals surface area contributed by atoms with Crippen molar-refractivity contribution in [1.29, 1.82) is 0 Å². The maximum atomic E-state index is 12.4. The van der Waals surface area contributed by atoms with E-state index in [2.05, 4.69) is 10.3 Å². The Morgan fingerprint density at radius 2 is 1.97 bits per heavy atom. The Labute approximate surface area is 172 Å². The topological polar surface area (TPSA) is 81.4 Å². The standard InChI is InChI=1S/C22H24N2O4S/c1-16-20(24-22(28-16)18-9-6-10-19(13-18)27-2)14-29(26)15-21(25)23-12-11-17-7-4-3-5-8-17/h3-10,13H,11-12,14-15H2,1-2H3,(H,23,25)/t29-/m0/s1. The Morgan fingerprint density at radius 3 is 2.72 bits per heavy atom. The van der Waals surface area contributed by atoms with Crippen molar-refractivity contribution in [1.82, 2.24) is 10.3 Å². The van der Waals surface area contributed by atoms with E-state index in [9.17, 15) is 9.00 Å². The van der Waals surface area contributed by atoms with Crippen LogP contribution in [-0.2, 0) is 27.8 Å². The van der Waals surface area contributed by atoms with Gasteiger partial charge in [-0.3, -0.25) is 9.00 Å². The summed E-state index contributed by atoms with van der Waals surface area (Å²) in [6, 6.07) is 17.3. The molecule has 0 fully saturated rings. The molecule has 0 aliphatic rings. The van der Waals surface area contributed by atoms with Crippen molar-refractivity contribution >= 4 is 16.7 Å². The number of hydrogen-bond acceptors (Lipinski definition) is 5.